The molecule has 0 unspecified atom stereocenters. The molecule has 0 saturated carbocycles. The Bertz CT molecular complexity index is 543. The summed E-state index contributed by atoms with van der Waals surface area (Å²) >= 11 is 0. The first-order valence-corrected chi connectivity index (χ1v) is 8.13. The van der Waals surface area contributed by atoms with E-state index >= 15 is 0 Å². The van der Waals surface area contributed by atoms with Crippen molar-refractivity contribution in [2.45, 2.75) is 26.4 Å². The van der Waals surface area contributed by atoms with E-state index < -0.39 is 11.7 Å². The Morgan fingerprint density at radius 1 is 1.35 bits per heavy atom. The molecule has 0 spiro atoms. The van der Waals surface area contributed by atoms with E-state index in [0.29, 0.717) is 6.54 Å². The van der Waals surface area contributed by atoms with Crippen molar-refractivity contribution in [3.63, 3.8) is 0 Å². The minimum Gasteiger partial charge on any atom is -0.444 e. The number of hydrogen-bond donors (Lipinski definition) is 2. The molecule has 1 amide bonds. The largest absolute Gasteiger partial charge is 0.444 e. The molecule has 1 aromatic rings. The first-order chi connectivity index (χ1) is 10.9. The lowest BCUT2D eigenvalue weighted by Gasteiger charge is -2.29. The number of alkyl carbamates (subject to hydrolysis) is 1. The Labute approximate surface area is 138 Å². The van der Waals surface area contributed by atoms with E-state index in [9.17, 15) is 4.79 Å². The van der Waals surface area contributed by atoms with Gasteiger partial charge >= 0.3 is 6.09 Å². The SMILES string of the molecule is CC(C)(C)OC(=O)NCC=Cc1cccc(N2CCNCC2)c1. The molecule has 0 atom stereocenters. The molecule has 23 heavy (non-hydrogen) atoms. The summed E-state index contributed by atoms with van der Waals surface area (Å²) in [5, 5.41) is 6.08. The van der Waals surface area contributed by atoms with Crippen LogP contribution in [-0.4, -0.2) is 44.4 Å². The summed E-state index contributed by atoms with van der Waals surface area (Å²) in [4.78, 5) is 13.9. The fraction of sp³-hybridized carbons (Fsp3) is 0.500. The van der Waals surface area contributed by atoms with Crippen LogP contribution in [-0.2, 0) is 4.74 Å². The highest BCUT2D eigenvalue weighted by molar-refractivity contribution is 5.68. The Balaban J connectivity index is 1.84. The molecule has 0 radical (unpaired) electrons. The van der Waals surface area contributed by atoms with Crippen molar-refractivity contribution in [3.05, 3.63) is 35.9 Å². The minimum absolute atomic E-state index is 0.392. The van der Waals surface area contributed by atoms with Crippen molar-refractivity contribution < 1.29 is 9.53 Å². The molecular formula is C18H27N3O2. The molecule has 1 aliphatic heterocycles. The molecule has 1 aromatic carbocycles. The summed E-state index contributed by atoms with van der Waals surface area (Å²) in [6.45, 7) is 10.1. The van der Waals surface area contributed by atoms with E-state index in [-0.39, 0.29) is 0 Å². The third-order valence-electron chi connectivity index (χ3n) is 3.43. The fourth-order valence-corrected chi connectivity index (χ4v) is 2.40. The van der Waals surface area contributed by atoms with Gasteiger partial charge in [0.25, 0.3) is 0 Å². The van der Waals surface area contributed by atoms with Gasteiger partial charge in [-0.25, -0.2) is 4.79 Å². The number of nitrogens with zero attached hydrogens (tertiary/aromatic N) is 1. The molecule has 0 aromatic heterocycles. The van der Waals surface area contributed by atoms with Crippen LogP contribution in [0.3, 0.4) is 0 Å². The van der Waals surface area contributed by atoms with E-state index in [1.807, 2.05) is 32.9 Å². The fourth-order valence-electron chi connectivity index (χ4n) is 2.40. The predicted octanol–water partition coefficient (Wildman–Crippen LogP) is 2.63. The number of anilines is 1. The molecule has 0 aliphatic carbocycles. The molecule has 0 bridgehead atoms. The number of nitrogens with one attached hydrogen (secondary N) is 2. The highest BCUT2D eigenvalue weighted by Crippen LogP contribution is 2.17. The standard InChI is InChI=1S/C18H27N3O2/c1-18(2,3)23-17(22)20-9-5-7-15-6-4-8-16(14-15)21-12-10-19-11-13-21/h4-8,14,19H,9-13H2,1-3H3,(H,20,22). The van der Waals surface area contributed by atoms with Crippen molar-refractivity contribution in [3.8, 4) is 0 Å². The summed E-state index contributed by atoms with van der Waals surface area (Å²) in [6.07, 6.45) is 3.56. The maximum Gasteiger partial charge on any atom is 0.407 e. The number of piperazine rings is 1. The zero-order chi connectivity index (χ0) is 16.7. The third kappa shape index (κ3) is 6.32. The lowest BCUT2D eigenvalue weighted by atomic mass is 10.1. The average molecular weight is 317 g/mol. The molecule has 2 N–H and O–H groups in total. The lowest BCUT2D eigenvalue weighted by molar-refractivity contribution is 0.0534. The maximum absolute atomic E-state index is 11.6. The second-order valence-electron chi connectivity index (χ2n) is 6.62. The van der Waals surface area contributed by atoms with Gasteiger partial charge in [0.05, 0.1) is 0 Å². The van der Waals surface area contributed by atoms with Crippen LogP contribution in [0.5, 0.6) is 0 Å². The molecule has 5 heteroatoms. The van der Waals surface area contributed by atoms with Crippen LogP contribution < -0.4 is 15.5 Å². The molecule has 2 rings (SSSR count). The van der Waals surface area contributed by atoms with E-state index in [1.54, 1.807) is 0 Å². The van der Waals surface area contributed by atoms with Crippen molar-refractivity contribution in [1.29, 1.82) is 0 Å². The molecule has 1 saturated heterocycles. The number of amides is 1. The van der Waals surface area contributed by atoms with Gasteiger partial charge in [0.2, 0.25) is 0 Å². The van der Waals surface area contributed by atoms with E-state index in [0.717, 1.165) is 31.7 Å². The van der Waals surface area contributed by atoms with Gasteiger partial charge in [0.15, 0.2) is 0 Å². The van der Waals surface area contributed by atoms with Crippen LogP contribution in [0, 0.1) is 0 Å². The Kier molecular flexibility index (Phi) is 6.04. The van der Waals surface area contributed by atoms with Gasteiger partial charge in [-0.2, -0.15) is 0 Å². The monoisotopic (exact) mass is 317 g/mol. The zero-order valence-electron chi connectivity index (χ0n) is 14.3. The van der Waals surface area contributed by atoms with Crippen molar-refractivity contribution in [2.75, 3.05) is 37.6 Å². The van der Waals surface area contributed by atoms with Gasteiger partial charge in [-0.3, -0.25) is 0 Å². The summed E-state index contributed by atoms with van der Waals surface area (Å²) in [5.41, 5.74) is 1.91. The molecule has 1 heterocycles. The van der Waals surface area contributed by atoms with Gasteiger partial charge in [-0.05, 0) is 38.5 Å². The predicted molar refractivity (Wildman–Crippen MR) is 94.8 cm³/mol. The second-order valence-corrected chi connectivity index (χ2v) is 6.62. The molecule has 5 nitrogen and oxygen atoms in total. The van der Waals surface area contributed by atoms with Gasteiger partial charge in [-0.15, -0.1) is 0 Å². The van der Waals surface area contributed by atoms with E-state index in [1.165, 1.54) is 5.69 Å². The summed E-state index contributed by atoms with van der Waals surface area (Å²) in [5.74, 6) is 0. The third-order valence-corrected chi connectivity index (χ3v) is 3.43. The normalized spacial score (nSPS) is 15.7. The molecule has 1 fully saturated rings. The Morgan fingerprint density at radius 2 is 2.09 bits per heavy atom. The Hall–Kier alpha value is -2.01. The van der Waals surface area contributed by atoms with Gasteiger partial charge in [0, 0.05) is 38.4 Å². The van der Waals surface area contributed by atoms with Gasteiger partial charge in [-0.1, -0.05) is 24.3 Å². The summed E-state index contributed by atoms with van der Waals surface area (Å²) in [7, 11) is 0. The van der Waals surface area contributed by atoms with Crippen LogP contribution in [0.2, 0.25) is 0 Å². The van der Waals surface area contributed by atoms with E-state index in [2.05, 4.69) is 39.8 Å². The van der Waals surface area contributed by atoms with Crippen LogP contribution in [0.4, 0.5) is 10.5 Å². The smallest absolute Gasteiger partial charge is 0.407 e. The van der Waals surface area contributed by atoms with Crippen LogP contribution in [0.25, 0.3) is 6.08 Å². The average Bonchev–Trinajstić information content (AvgIpc) is 2.51. The van der Waals surface area contributed by atoms with Crippen molar-refractivity contribution in [2.24, 2.45) is 0 Å². The summed E-state index contributed by atoms with van der Waals surface area (Å²) < 4.78 is 5.19. The number of rotatable bonds is 4. The highest BCUT2D eigenvalue weighted by atomic mass is 16.6. The van der Waals surface area contributed by atoms with Crippen molar-refractivity contribution >= 4 is 17.9 Å². The van der Waals surface area contributed by atoms with Crippen LogP contribution in [0.15, 0.2) is 30.3 Å². The number of benzene rings is 1. The summed E-state index contributed by atoms with van der Waals surface area (Å²) in [6, 6.07) is 8.45. The minimum atomic E-state index is -0.467. The number of hydrogen-bond acceptors (Lipinski definition) is 4. The van der Waals surface area contributed by atoms with E-state index in [4.69, 9.17) is 4.74 Å². The first-order valence-electron chi connectivity index (χ1n) is 8.13. The molecule has 126 valence electrons. The second kappa shape index (κ2) is 8.02. The van der Waals surface area contributed by atoms with Crippen LogP contribution >= 0.6 is 0 Å². The quantitative estimate of drug-likeness (QED) is 0.896. The lowest BCUT2D eigenvalue weighted by Crippen LogP contribution is -2.43. The number of ether oxygens (including phenoxy) is 1. The number of carbonyl (C=O) groups is 1. The highest BCUT2D eigenvalue weighted by Gasteiger charge is 2.15. The van der Waals surface area contributed by atoms with Crippen LogP contribution in [0.1, 0.15) is 26.3 Å². The van der Waals surface area contributed by atoms with Gasteiger partial charge < -0.3 is 20.3 Å². The topological polar surface area (TPSA) is 53.6 Å². The van der Waals surface area contributed by atoms with Crippen molar-refractivity contribution in [1.82, 2.24) is 10.6 Å². The molecular weight excluding hydrogens is 290 g/mol. The van der Waals surface area contributed by atoms with Gasteiger partial charge in [0.1, 0.15) is 5.60 Å². The zero-order valence-corrected chi connectivity index (χ0v) is 14.3. The number of carbonyl (C=O) groups excluding carboxylic acids is 1. The maximum atomic E-state index is 11.6. The first kappa shape index (κ1) is 17.3. The molecule has 1 aliphatic rings. The Morgan fingerprint density at radius 3 is 2.78 bits per heavy atom.